The molecule has 3 atom stereocenters. The van der Waals surface area contributed by atoms with E-state index in [1.807, 2.05) is 27.2 Å². The van der Waals surface area contributed by atoms with Crippen molar-refractivity contribution in [2.75, 3.05) is 40.9 Å². The molecule has 8 nitrogen and oxygen atoms in total. The lowest BCUT2D eigenvalue weighted by atomic mass is 10.0. The van der Waals surface area contributed by atoms with Crippen LogP contribution < -0.4 is 10.2 Å². The van der Waals surface area contributed by atoms with Crippen LogP contribution in [-0.4, -0.2) is 68.5 Å². The Morgan fingerprint density at radius 3 is 1.61 bits per heavy atom. The van der Waals surface area contributed by atoms with E-state index in [-0.39, 0.29) is 19.1 Å². The van der Waals surface area contributed by atoms with Gasteiger partial charge in [-0.15, -0.1) is 0 Å². The third-order valence-corrected chi connectivity index (χ3v) is 10.4. The van der Waals surface area contributed by atoms with Crippen molar-refractivity contribution in [3.05, 3.63) is 24.3 Å². The molecule has 51 heavy (non-hydrogen) atoms. The van der Waals surface area contributed by atoms with E-state index >= 15 is 0 Å². The second-order valence-electron chi connectivity index (χ2n) is 15.7. The molecule has 0 rings (SSSR count). The van der Waals surface area contributed by atoms with Gasteiger partial charge in [0.1, 0.15) is 13.2 Å². The van der Waals surface area contributed by atoms with Crippen LogP contribution in [0.4, 0.5) is 0 Å². The van der Waals surface area contributed by atoms with Crippen molar-refractivity contribution >= 4 is 13.7 Å². The first kappa shape index (κ1) is 50.0. The number of aliphatic hydroxyl groups excluding tert-OH is 1. The molecule has 0 aliphatic carbocycles. The Morgan fingerprint density at radius 1 is 0.667 bits per heavy atom. The minimum atomic E-state index is -4.58. The lowest BCUT2D eigenvalue weighted by Gasteiger charge is -2.29. The number of carbonyl (C=O) groups is 1. The van der Waals surface area contributed by atoms with Crippen LogP contribution in [0.15, 0.2) is 24.3 Å². The number of allylic oxidation sites excluding steroid dienone is 3. The summed E-state index contributed by atoms with van der Waals surface area (Å²) >= 11 is 0. The summed E-state index contributed by atoms with van der Waals surface area (Å²) in [5, 5.41) is 13.7. The Balaban J connectivity index is 4.39. The molecule has 0 aromatic carbocycles. The average Bonchev–Trinajstić information content (AvgIpc) is 3.07. The molecule has 0 spiro atoms. The number of hydrogen-bond acceptors (Lipinski definition) is 6. The normalized spacial score (nSPS) is 14.7. The Hall–Kier alpha value is -1.02. The monoisotopic (exact) mass is 743 g/mol. The lowest BCUT2D eigenvalue weighted by molar-refractivity contribution is -0.870. The molecular formula is C42H83N2O6P. The number of nitrogens with one attached hydrogen (secondary N) is 1. The molecule has 1 amide bonds. The number of rotatable bonds is 38. The molecule has 0 aromatic rings. The molecule has 0 fully saturated rings. The molecule has 0 aromatic heterocycles. The predicted octanol–water partition coefficient (Wildman–Crippen LogP) is 10.7. The van der Waals surface area contributed by atoms with Gasteiger partial charge in [0.25, 0.3) is 7.82 Å². The second-order valence-corrected chi connectivity index (χ2v) is 17.1. The third kappa shape index (κ3) is 37.1. The van der Waals surface area contributed by atoms with Gasteiger partial charge >= 0.3 is 0 Å². The number of phosphoric ester groups is 1. The van der Waals surface area contributed by atoms with Crippen molar-refractivity contribution in [1.29, 1.82) is 0 Å². The summed E-state index contributed by atoms with van der Waals surface area (Å²) in [6.07, 6.45) is 39.4. The van der Waals surface area contributed by atoms with Gasteiger partial charge < -0.3 is 28.8 Å². The van der Waals surface area contributed by atoms with Crippen LogP contribution in [0.5, 0.6) is 0 Å². The molecule has 0 bridgehead atoms. The maximum absolute atomic E-state index is 12.8. The molecule has 0 aliphatic rings. The molecule has 3 unspecified atom stereocenters. The molecule has 302 valence electrons. The van der Waals surface area contributed by atoms with E-state index in [2.05, 4.69) is 31.3 Å². The van der Waals surface area contributed by atoms with Gasteiger partial charge in [-0.25, -0.2) is 0 Å². The van der Waals surface area contributed by atoms with E-state index in [9.17, 15) is 19.4 Å². The lowest BCUT2D eigenvalue weighted by Crippen LogP contribution is -2.45. The highest BCUT2D eigenvalue weighted by Gasteiger charge is 2.23. The number of carbonyl (C=O) groups excluding carboxylic acids is 1. The van der Waals surface area contributed by atoms with Crippen molar-refractivity contribution in [3.63, 3.8) is 0 Å². The quantitative estimate of drug-likeness (QED) is 0.0282. The first-order valence-electron chi connectivity index (χ1n) is 21.2. The zero-order valence-electron chi connectivity index (χ0n) is 34.1. The van der Waals surface area contributed by atoms with Crippen LogP contribution in [0.1, 0.15) is 187 Å². The van der Waals surface area contributed by atoms with Gasteiger partial charge in [-0.1, -0.05) is 167 Å². The molecule has 0 saturated heterocycles. The van der Waals surface area contributed by atoms with E-state index in [4.69, 9.17) is 9.05 Å². The summed E-state index contributed by atoms with van der Waals surface area (Å²) in [6.45, 7) is 4.57. The minimum absolute atomic E-state index is 0.00184. The molecule has 2 N–H and O–H groups in total. The zero-order valence-corrected chi connectivity index (χ0v) is 35.0. The van der Waals surface area contributed by atoms with Crippen molar-refractivity contribution in [3.8, 4) is 0 Å². The standard InChI is InChI=1S/C42H83N2O6P/c1-6-8-10-12-14-16-18-19-20-21-22-23-24-25-26-27-29-31-33-35-41(45)40(39-50-51(47,48)49-38-37-44(3,4)5)43-42(46)36-34-32-30-28-17-15-13-11-9-7-2/h11,13,33,35,40-41,45H,6-10,12,14-32,34,36-39H2,1-5H3,(H-,43,46,47,48)/b13-11-,35-33+. The largest absolute Gasteiger partial charge is 0.756 e. The topological polar surface area (TPSA) is 108 Å². The minimum Gasteiger partial charge on any atom is -0.756 e. The number of phosphoric acid groups is 1. The number of aliphatic hydroxyl groups is 1. The number of amides is 1. The average molecular weight is 743 g/mol. The first-order valence-corrected chi connectivity index (χ1v) is 22.7. The highest BCUT2D eigenvalue weighted by atomic mass is 31.2. The van der Waals surface area contributed by atoms with E-state index < -0.39 is 20.0 Å². The molecule has 0 aliphatic heterocycles. The van der Waals surface area contributed by atoms with Gasteiger partial charge in [0, 0.05) is 6.42 Å². The van der Waals surface area contributed by atoms with Crippen LogP contribution in [-0.2, 0) is 18.4 Å². The Morgan fingerprint density at radius 2 is 1.12 bits per heavy atom. The van der Waals surface area contributed by atoms with Gasteiger partial charge in [-0.05, 0) is 38.5 Å². The van der Waals surface area contributed by atoms with Crippen LogP contribution in [0.3, 0.4) is 0 Å². The third-order valence-electron chi connectivity index (χ3n) is 9.39. The number of hydrogen-bond donors (Lipinski definition) is 2. The summed E-state index contributed by atoms with van der Waals surface area (Å²) in [6, 6.07) is -0.886. The Bertz CT molecular complexity index is 891. The van der Waals surface area contributed by atoms with Crippen LogP contribution >= 0.6 is 7.82 Å². The Labute approximate surface area is 315 Å². The van der Waals surface area contributed by atoms with Gasteiger partial charge in [-0.2, -0.15) is 0 Å². The van der Waals surface area contributed by atoms with E-state index in [1.165, 1.54) is 103 Å². The maximum Gasteiger partial charge on any atom is 0.268 e. The van der Waals surface area contributed by atoms with Crippen molar-refractivity contribution in [2.24, 2.45) is 0 Å². The summed E-state index contributed by atoms with van der Waals surface area (Å²) in [5.41, 5.74) is 0. The fourth-order valence-corrected chi connectivity index (χ4v) is 6.70. The van der Waals surface area contributed by atoms with Gasteiger partial charge in [0.15, 0.2) is 0 Å². The number of likely N-dealkylation sites (N-methyl/N-ethyl adjacent to an activating group) is 1. The molecule has 9 heteroatoms. The summed E-state index contributed by atoms with van der Waals surface area (Å²) in [5.74, 6) is -0.210. The maximum atomic E-state index is 12.8. The second kappa shape index (κ2) is 34.7. The predicted molar refractivity (Wildman–Crippen MR) is 215 cm³/mol. The number of quaternary nitrogens is 1. The van der Waals surface area contributed by atoms with Crippen molar-refractivity contribution in [1.82, 2.24) is 5.32 Å². The van der Waals surface area contributed by atoms with Crippen LogP contribution in [0.2, 0.25) is 0 Å². The van der Waals surface area contributed by atoms with Crippen molar-refractivity contribution < 1.29 is 32.9 Å². The summed E-state index contributed by atoms with van der Waals surface area (Å²) in [4.78, 5) is 25.2. The van der Waals surface area contributed by atoms with Crippen molar-refractivity contribution in [2.45, 2.75) is 199 Å². The smallest absolute Gasteiger partial charge is 0.268 e. The van der Waals surface area contributed by atoms with Crippen LogP contribution in [0, 0.1) is 0 Å². The van der Waals surface area contributed by atoms with Gasteiger partial charge in [0.05, 0.1) is 39.9 Å². The number of nitrogens with zero attached hydrogens (tertiary/aromatic N) is 1. The van der Waals surface area contributed by atoms with Gasteiger partial charge in [0.2, 0.25) is 5.91 Å². The molecular weight excluding hydrogens is 659 g/mol. The first-order chi connectivity index (χ1) is 24.5. The highest BCUT2D eigenvalue weighted by Crippen LogP contribution is 2.38. The van der Waals surface area contributed by atoms with Gasteiger partial charge in [-0.3, -0.25) is 9.36 Å². The van der Waals surface area contributed by atoms with E-state index in [1.54, 1.807) is 6.08 Å². The molecule has 0 heterocycles. The van der Waals surface area contributed by atoms with Crippen LogP contribution in [0.25, 0.3) is 0 Å². The van der Waals surface area contributed by atoms with E-state index in [0.717, 1.165) is 64.2 Å². The SMILES string of the molecule is CCC/C=C\CCCCCCCC(=O)NC(COP(=O)([O-])OCC[N+](C)(C)C)C(O)/C=C/CCCCCCCCCCCCCCCCCCC. The fourth-order valence-electron chi connectivity index (χ4n) is 5.98. The fraction of sp³-hybridized carbons (Fsp3) is 0.881. The van der Waals surface area contributed by atoms with E-state index in [0.29, 0.717) is 17.4 Å². The Kier molecular flexibility index (Phi) is 34.0. The highest BCUT2D eigenvalue weighted by molar-refractivity contribution is 7.45. The number of unbranched alkanes of at least 4 members (excludes halogenated alkanes) is 23. The summed E-state index contributed by atoms with van der Waals surface area (Å²) < 4.78 is 23.1. The summed E-state index contributed by atoms with van der Waals surface area (Å²) in [7, 11) is 1.26. The molecule has 0 saturated carbocycles. The zero-order chi connectivity index (χ0) is 37.9. The molecule has 0 radical (unpaired) electrons.